The number of amides is 1. The molecule has 1 amide bonds. The van der Waals surface area contributed by atoms with Crippen molar-refractivity contribution in [3.05, 3.63) is 28.0 Å². The Morgan fingerprint density at radius 2 is 2.19 bits per heavy atom. The lowest BCUT2D eigenvalue weighted by Gasteiger charge is -2.05. The van der Waals surface area contributed by atoms with E-state index in [1.54, 1.807) is 6.26 Å². The zero-order chi connectivity index (χ0) is 12.1. The quantitative estimate of drug-likeness (QED) is 0.851. The largest absolute Gasteiger partial charge is 0.351 e. The van der Waals surface area contributed by atoms with Crippen LogP contribution in [-0.4, -0.2) is 33.7 Å². The monoisotopic (exact) mass is 280 g/mol. The van der Waals surface area contributed by atoms with Crippen molar-refractivity contribution in [1.82, 2.24) is 10.3 Å². The van der Waals surface area contributed by atoms with Gasteiger partial charge in [0.05, 0.1) is 5.56 Å². The number of hydrogen-bond donors (Lipinski definition) is 1. The van der Waals surface area contributed by atoms with E-state index in [0.29, 0.717) is 12.3 Å². The molecule has 1 atom stereocenters. The molecule has 7 heteroatoms. The van der Waals surface area contributed by atoms with Gasteiger partial charge in [-0.3, -0.25) is 9.00 Å². The highest BCUT2D eigenvalue weighted by Crippen LogP contribution is 2.16. The van der Waals surface area contributed by atoms with Crippen LogP contribution in [0.25, 0.3) is 0 Å². The van der Waals surface area contributed by atoms with Crippen molar-refractivity contribution in [2.24, 2.45) is 0 Å². The fourth-order valence-electron chi connectivity index (χ4n) is 0.985. The van der Waals surface area contributed by atoms with Crippen LogP contribution in [-0.2, 0) is 10.8 Å². The van der Waals surface area contributed by atoms with Crippen LogP contribution in [0.3, 0.4) is 0 Å². The van der Waals surface area contributed by atoms with Gasteiger partial charge in [-0.15, -0.1) is 0 Å². The molecule has 0 bridgehead atoms. The van der Waals surface area contributed by atoms with Crippen molar-refractivity contribution in [3.63, 3.8) is 0 Å². The van der Waals surface area contributed by atoms with Gasteiger partial charge in [0.25, 0.3) is 5.91 Å². The van der Waals surface area contributed by atoms with Gasteiger partial charge in [-0.2, -0.15) is 0 Å². The molecule has 1 unspecified atom stereocenters. The van der Waals surface area contributed by atoms with Crippen LogP contribution in [0.2, 0.25) is 10.3 Å². The van der Waals surface area contributed by atoms with Gasteiger partial charge in [0.1, 0.15) is 10.3 Å². The van der Waals surface area contributed by atoms with Crippen molar-refractivity contribution in [3.8, 4) is 0 Å². The summed E-state index contributed by atoms with van der Waals surface area (Å²) >= 11 is 11.3. The highest BCUT2D eigenvalue weighted by Gasteiger charge is 2.11. The van der Waals surface area contributed by atoms with Crippen LogP contribution in [0.15, 0.2) is 12.1 Å². The van der Waals surface area contributed by atoms with Crippen LogP contribution >= 0.6 is 23.2 Å². The smallest absolute Gasteiger partial charge is 0.254 e. The highest BCUT2D eigenvalue weighted by atomic mass is 35.5. The molecule has 0 fully saturated rings. The third-order valence-electron chi connectivity index (χ3n) is 1.73. The van der Waals surface area contributed by atoms with Crippen molar-refractivity contribution < 1.29 is 9.00 Å². The summed E-state index contributed by atoms with van der Waals surface area (Å²) in [6, 6.07) is 2.98. The molecule has 0 aliphatic rings. The normalized spacial score (nSPS) is 12.2. The Morgan fingerprint density at radius 3 is 2.75 bits per heavy atom. The summed E-state index contributed by atoms with van der Waals surface area (Å²) in [5, 5.41) is 2.88. The molecular formula is C9H10Cl2N2O2S. The minimum Gasteiger partial charge on any atom is -0.351 e. The highest BCUT2D eigenvalue weighted by molar-refractivity contribution is 7.84. The van der Waals surface area contributed by atoms with Gasteiger partial charge in [0.2, 0.25) is 0 Å². The molecule has 1 rings (SSSR count). The zero-order valence-corrected chi connectivity index (χ0v) is 10.8. The zero-order valence-electron chi connectivity index (χ0n) is 8.50. The molecule has 0 aliphatic carbocycles. The number of carbonyl (C=O) groups is 1. The van der Waals surface area contributed by atoms with E-state index in [0.717, 1.165) is 0 Å². The maximum Gasteiger partial charge on any atom is 0.254 e. The predicted octanol–water partition coefficient (Wildman–Crippen LogP) is 1.50. The van der Waals surface area contributed by atoms with E-state index < -0.39 is 10.8 Å². The number of rotatable bonds is 4. The lowest BCUT2D eigenvalue weighted by atomic mass is 10.3. The molecule has 0 aliphatic heterocycles. The third-order valence-corrected chi connectivity index (χ3v) is 3.01. The number of pyridine rings is 1. The molecule has 88 valence electrons. The molecule has 1 heterocycles. The Kier molecular flexibility index (Phi) is 5.18. The molecule has 4 nitrogen and oxygen atoms in total. The van der Waals surface area contributed by atoms with Crippen LogP contribution in [0, 0.1) is 0 Å². The first kappa shape index (κ1) is 13.4. The van der Waals surface area contributed by atoms with E-state index in [2.05, 4.69) is 10.3 Å². The summed E-state index contributed by atoms with van der Waals surface area (Å²) in [5.41, 5.74) is 0.257. The molecular weight excluding hydrogens is 271 g/mol. The van der Waals surface area contributed by atoms with Gasteiger partial charge in [-0.25, -0.2) is 4.98 Å². The molecule has 0 saturated carbocycles. The molecule has 1 N–H and O–H groups in total. The topological polar surface area (TPSA) is 59.1 Å². The number of nitrogens with zero attached hydrogens (tertiary/aromatic N) is 1. The first-order valence-electron chi connectivity index (χ1n) is 4.41. The third kappa shape index (κ3) is 4.08. The lowest BCUT2D eigenvalue weighted by Crippen LogP contribution is -2.27. The Hall–Kier alpha value is -0.650. The average Bonchev–Trinajstić information content (AvgIpc) is 2.16. The number of aromatic nitrogens is 1. The first-order chi connectivity index (χ1) is 7.50. The molecule has 0 aromatic carbocycles. The first-order valence-corrected chi connectivity index (χ1v) is 6.89. The summed E-state index contributed by atoms with van der Waals surface area (Å²) in [5.74, 6) is 0.0595. The van der Waals surface area contributed by atoms with E-state index in [4.69, 9.17) is 23.2 Å². The van der Waals surface area contributed by atoms with Gasteiger partial charge in [-0.05, 0) is 12.1 Å². The van der Waals surface area contributed by atoms with Gasteiger partial charge in [0, 0.05) is 29.4 Å². The SMILES string of the molecule is CS(=O)CCNC(=O)c1ccc(Cl)nc1Cl. The van der Waals surface area contributed by atoms with Crippen molar-refractivity contribution >= 4 is 39.9 Å². The van der Waals surface area contributed by atoms with Crippen LogP contribution < -0.4 is 5.32 Å². The second kappa shape index (κ2) is 6.18. The van der Waals surface area contributed by atoms with E-state index in [9.17, 15) is 9.00 Å². The van der Waals surface area contributed by atoms with Crippen molar-refractivity contribution in [2.75, 3.05) is 18.6 Å². The summed E-state index contributed by atoms with van der Waals surface area (Å²) in [4.78, 5) is 15.3. The van der Waals surface area contributed by atoms with Crippen LogP contribution in [0.5, 0.6) is 0 Å². The predicted molar refractivity (Wildman–Crippen MR) is 65.5 cm³/mol. The van der Waals surface area contributed by atoms with Gasteiger partial charge >= 0.3 is 0 Å². The Morgan fingerprint density at radius 1 is 1.50 bits per heavy atom. The minimum atomic E-state index is -0.932. The van der Waals surface area contributed by atoms with E-state index in [-0.39, 0.29) is 21.8 Å². The minimum absolute atomic E-state index is 0.0580. The molecule has 0 radical (unpaired) electrons. The molecule has 16 heavy (non-hydrogen) atoms. The maximum absolute atomic E-state index is 11.6. The Labute approximate surface area is 106 Å². The molecule has 0 spiro atoms. The van der Waals surface area contributed by atoms with Gasteiger partial charge in [-0.1, -0.05) is 23.2 Å². The average molecular weight is 281 g/mol. The standard InChI is InChI=1S/C9H10Cl2N2O2S/c1-16(15)5-4-12-9(14)6-2-3-7(10)13-8(6)11/h2-3H,4-5H2,1H3,(H,12,14). The number of hydrogen-bond acceptors (Lipinski definition) is 3. The molecule has 1 aromatic heterocycles. The summed E-state index contributed by atoms with van der Waals surface area (Å²) < 4.78 is 10.8. The summed E-state index contributed by atoms with van der Waals surface area (Å²) in [6.07, 6.45) is 1.57. The second-order valence-electron chi connectivity index (χ2n) is 3.01. The van der Waals surface area contributed by atoms with Gasteiger partial charge in [0.15, 0.2) is 0 Å². The maximum atomic E-state index is 11.6. The summed E-state index contributed by atoms with van der Waals surface area (Å²) in [6.45, 7) is 0.334. The van der Waals surface area contributed by atoms with E-state index in [1.165, 1.54) is 12.1 Å². The van der Waals surface area contributed by atoms with E-state index >= 15 is 0 Å². The number of halogens is 2. The molecule has 1 aromatic rings. The van der Waals surface area contributed by atoms with Crippen LogP contribution in [0.4, 0.5) is 0 Å². The fourth-order valence-corrected chi connectivity index (χ4v) is 1.81. The molecule has 0 saturated heterocycles. The lowest BCUT2D eigenvalue weighted by molar-refractivity contribution is 0.0956. The van der Waals surface area contributed by atoms with Crippen molar-refractivity contribution in [2.45, 2.75) is 0 Å². The van der Waals surface area contributed by atoms with E-state index in [1.807, 2.05) is 0 Å². The Bertz CT molecular complexity index is 426. The van der Waals surface area contributed by atoms with Gasteiger partial charge < -0.3 is 5.32 Å². The Balaban J connectivity index is 2.63. The van der Waals surface area contributed by atoms with Crippen molar-refractivity contribution in [1.29, 1.82) is 0 Å². The summed E-state index contributed by atoms with van der Waals surface area (Å²) in [7, 11) is -0.932. The second-order valence-corrected chi connectivity index (χ2v) is 5.31. The van der Waals surface area contributed by atoms with Crippen LogP contribution in [0.1, 0.15) is 10.4 Å². The number of carbonyl (C=O) groups excluding carboxylic acids is 1. The fraction of sp³-hybridized carbons (Fsp3) is 0.333. The number of nitrogens with one attached hydrogen (secondary N) is 1.